The van der Waals surface area contributed by atoms with E-state index >= 15 is 0 Å². The number of sulfonamides is 1. The first kappa shape index (κ1) is 29.8. The number of amides is 1. The zero-order chi connectivity index (χ0) is 30.1. The van der Waals surface area contributed by atoms with Crippen LogP contribution in [-0.2, 0) is 36.3 Å². The average Bonchev–Trinajstić information content (AvgIpc) is 3.17. The van der Waals surface area contributed by atoms with Crippen LogP contribution in [0.25, 0.3) is 0 Å². The van der Waals surface area contributed by atoms with Crippen LogP contribution in [0.3, 0.4) is 0 Å². The number of cyclic esters (lactones) is 1. The van der Waals surface area contributed by atoms with Gasteiger partial charge in [0.2, 0.25) is 10.0 Å². The van der Waals surface area contributed by atoms with Crippen molar-refractivity contribution in [2.24, 2.45) is 0 Å². The second-order valence-corrected chi connectivity index (χ2v) is 12.9. The fraction of sp³-hybridized carbons (Fsp3) is 0.333. The number of halogens is 2. The molecule has 0 aromatic heterocycles. The standard InChI is InChI=1S/C30H30ClFN2O7S/c1-29(2)34(28(36)39-16-15-31)26(27(35)41-29)18-21-7-6-10-25(17-21)42(37,38)33-19-30(20-33,22-8-4-3-5-9-22)40-24-13-11-23(32)12-14-24/h3-14,17,26H,15-16,18-20H2,1-2H3/t26-/m0/s1. The van der Waals surface area contributed by atoms with Gasteiger partial charge in [0.05, 0.1) is 23.9 Å². The Balaban J connectivity index is 1.36. The Labute approximate surface area is 248 Å². The lowest BCUT2D eigenvalue weighted by Gasteiger charge is -2.48. The highest BCUT2D eigenvalue weighted by Crippen LogP contribution is 2.40. The highest BCUT2D eigenvalue weighted by molar-refractivity contribution is 7.89. The molecule has 2 aliphatic heterocycles. The van der Waals surface area contributed by atoms with Gasteiger partial charge in [0, 0.05) is 6.42 Å². The Bertz CT molecular complexity index is 1560. The van der Waals surface area contributed by atoms with E-state index in [9.17, 15) is 22.4 Å². The van der Waals surface area contributed by atoms with Gasteiger partial charge in [-0.05, 0) is 61.4 Å². The summed E-state index contributed by atoms with van der Waals surface area (Å²) in [6.45, 7) is 3.18. The number of carbonyl (C=O) groups is 2. The number of alkyl halides is 1. The fourth-order valence-corrected chi connectivity index (χ4v) is 6.92. The number of rotatable bonds is 9. The van der Waals surface area contributed by atoms with Gasteiger partial charge in [0.25, 0.3) is 0 Å². The largest absolute Gasteiger partial charge is 0.480 e. The minimum atomic E-state index is -3.96. The summed E-state index contributed by atoms with van der Waals surface area (Å²) in [5.41, 5.74) is -0.911. The van der Waals surface area contributed by atoms with Crippen LogP contribution >= 0.6 is 11.6 Å². The van der Waals surface area contributed by atoms with E-state index in [0.717, 1.165) is 5.56 Å². The molecule has 2 saturated heterocycles. The molecule has 1 atom stereocenters. The lowest BCUT2D eigenvalue weighted by molar-refractivity contribution is -0.148. The van der Waals surface area contributed by atoms with Gasteiger partial charge in [-0.3, -0.25) is 4.90 Å². The van der Waals surface area contributed by atoms with Crippen molar-refractivity contribution in [3.63, 3.8) is 0 Å². The summed E-state index contributed by atoms with van der Waals surface area (Å²) in [6, 6.07) is 20.1. The van der Waals surface area contributed by atoms with E-state index in [1.165, 1.54) is 45.6 Å². The number of hydrogen-bond donors (Lipinski definition) is 0. The summed E-state index contributed by atoms with van der Waals surface area (Å²) < 4.78 is 59.0. The molecular weight excluding hydrogens is 587 g/mol. The molecule has 5 rings (SSSR count). The fourth-order valence-electron chi connectivity index (χ4n) is 5.24. The first-order chi connectivity index (χ1) is 19.9. The topological polar surface area (TPSA) is 102 Å². The minimum absolute atomic E-state index is 0.0171. The maximum Gasteiger partial charge on any atom is 0.413 e. The molecule has 222 valence electrons. The maximum atomic E-state index is 13.7. The molecule has 0 spiro atoms. The number of benzene rings is 3. The highest BCUT2D eigenvalue weighted by atomic mass is 35.5. The molecule has 0 saturated carbocycles. The van der Waals surface area contributed by atoms with Crippen molar-refractivity contribution in [3.05, 3.63) is 95.8 Å². The smallest absolute Gasteiger partial charge is 0.413 e. The molecule has 2 fully saturated rings. The quantitative estimate of drug-likeness (QED) is 0.254. The van der Waals surface area contributed by atoms with Gasteiger partial charge < -0.3 is 14.2 Å². The molecule has 42 heavy (non-hydrogen) atoms. The average molecular weight is 617 g/mol. The van der Waals surface area contributed by atoms with Gasteiger partial charge in [-0.2, -0.15) is 4.31 Å². The van der Waals surface area contributed by atoms with Crippen LogP contribution in [0.1, 0.15) is 25.0 Å². The van der Waals surface area contributed by atoms with E-state index in [4.69, 9.17) is 25.8 Å². The monoisotopic (exact) mass is 616 g/mol. The maximum absolute atomic E-state index is 13.7. The van der Waals surface area contributed by atoms with Crippen LogP contribution in [-0.4, -0.2) is 67.0 Å². The van der Waals surface area contributed by atoms with Gasteiger partial charge >= 0.3 is 12.1 Å². The molecule has 0 aliphatic carbocycles. The molecule has 2 aliphatic rings. The van der Waals surface area contributed by atoms with Crippen molar-refractivity contribution < 1.29 is 36.6 Å². The Morgan fingerprint density at radius 1 is 1.05 bits per heavy atom. The van der Waals surface area contributed by atoms with E-state index in [1.807, 2.05) is 30.3 Å². The van der Waals surface area contributed by atoms with Crippen molar-refractivity contribution in [2.75, 3.05) is 25.6 Å². The van der Waals surface area contributed by atoms with Crippen molar-refractivity contribution >= 4 is 33.7 Å². The summed E-state index contributed by atoms with van der Waals surface area (Å²) in [6.07, 6.45) is -0.734. The normalized spacial score (nSPS) is 19.6. The van der Waals surface area contributed by atoms with Gasteiger partial charge in [0.15, 0.2) is 11.3 Å². The first-order valence-electron chi connectivity index (χ1n) is 13.3. The van der Waals surface area contributed by atoms with Gasteiger partial charge in [-0.1, -0.05) is 42.5 Å². The van der Waals surface area contributed by atoms with Crippen molar-refractivity contribution in [3.8, 4) is 5.75 Å². The van der Waals surface area contributed by atoms with Gasteiger partial charge in [0.1, 0.15) is 24.2 Å². The highest BCUT2D eigenvalue weighted by Gasteiger charge is 2.53. The van der Waals surface area contributed by atoms with E-state index in [-0.39, 0.29) is 36.9 Å². The number of esters is 1. The lowest BCUT2D eigenvalue weighted by Crippen LogP contribution is -2.64. The summed E-state index contributed by atoms with van der Waals surface area (Å²) >= 11 is 5.64. The van der Waals surface area contributed by atoms with Crippen LogP contribution in [0.4, 0.5) is 9.18 Å². The zero-order valence-electron chi connectivity index (χ0n) is 23.0. The Morgan fingerprint density at radius 2 is 1.74 bits per heavy atom. The van der Waals surface area contributed by atoms with Crippen LogP contribution in [0.5, 0.6) is 5.75 Å². The summed E-state index contributed by atoms with van der Waals surface area (Å²) in [5.74, 6) is -0.515. The molecule has 0 unspecified atom stereocenters. The van der Waals surface area contributed by atoms with E-state index < -0.39 is 45.3 Å². The molecular formula is C30H30ClFN2O7S. The summed E-state index contributed by atoms with van der Waals surface area (Å²) in [5, 5.41) is 0. The molecule has 0 N–H and O–H groups in total. The Morgan fingerprint density at radius 3 is 2.40 bits per heavy atom. The van der Waals surface area contributed by atoms with Crippen LogP contribution in [0.15, 0.2) is 83.8 Å². The number of carbonyl (C=O) groups excluding carboxylic acids is 2. The molecule has 0 bridgehead atoms. The molecule has 1 amide bonds. The first-order valence-corrected chi connectivity index (χ1v) is 15.3. The molecule has 3 aromatic rings. The van der Waals surface area contributed by atoms with Crippen molar-refractivity contribution in [1.29, 1.82) is 0 Å². The van der Waals surface area contributed by atoms with Crippen molar-refractivity contribution in [2.45, 2.75) is 42.5 Å². The van der Waals surface area contributed by atoms with E-state index in [2.05, 4.69) is 0 Å². The Hall–Kier alpha value is -3.67. The van der Waals surface area contributed by atoms with E-state index in [1.54, 1.807) is 26.0 Å². The SMILES string of the molecule is CC1(C)OC(=O)[C@H](Cc2cccc(S(=O)(=O)N3CC(Oc4ccc(F)cc4)(c4ccccc4)C3)c2)N1C(=O)OCCCl. The summed E-state index contributed by atoms with van der Waals surface area (Å²) in [4.78, 5) is 26.7. The van der Waals surface area contributed by atoms with Crippen LogP contribution < -0.4 is 4.74 Å². The number of ether oxygens (including phenoxy) is 3. The predicted octanol–water partition coefficient (Wildman–Crippen LogP) is 4.69. The summed E-state index contributed by atoms with van der Waals surface area (Å²) in [7, 11) is -3.96. The second kappa shape index (κ2) is 11.5. The molecule has 3 aromatic carbocycles. The predicted molar refractivity (Wildman–Crippen MR) is 152 cm³/mol. The third kappa shape index (κ3) is 5.81. The lowest BCUT2D eigenvalue weighted by atomic mass is 9.87. The van der Waals surface area contributed by atoms with Gasteiger partial charge in [-0.15, -0.1) is 11.6 Å². The third-order valence-corrected chi connectivity index (χ3v) is 9.21. The molecule has 9 nitrogen and oxygen atoms in total. The second-order valence-electron chi connectivity index (χ2n) is 10.6. The Kier molecular flexibility index (Phi) is 8.19. The van der Waals surface area contributed by atoms with Crippen LogP contribution in [0.2, 0.25) is 0 Å². The third-order valence-electron chi connectivity index (χ3n) is 7.27. The zero-order valence-corrected chi connectivity index (χ0v) is 24.6. The molecule has 2 heterocycles. The van der Waals surface area contributed by atoms with Crippen molar-refractivity contribution in [1.82, 2.24) is 9.21 Å². The molecule has 12 heteroatoms. The molecule has 0 radical (unpaired) electrons. The minimum Gasteiger partial charge on any atom is -0.480 e. The van der Waals surface area contributed by atoms with Gasteiger partial charge in [-0.25, -0.2) is 22.4 Å². The number of hydrogen-bond acceptors (Lipinski definition) is 7. The number of nitrogens with zero attached hydrogens (tertiary/aromatic N) is 2. The van der Waals surface area contributed by atoms with Crippen LogP contribution in [0, 0.1) is 5.82 Å². The van der Waals surface area contributed by atoms with E-state index in [0.29, 0.717) is 11.3 Å².